The summed E-state index contributed by atoms with van der Waals surface area (Å²) in [7, 11) is 0. The lowest BCUT2D eigenvalue weighted by Gasteiger charge is -2.14. The molecule has 2 aromatic rings. The van der Waals surface area contributed by atoms with Crippen molar-refractivity contribution in [3.05, 3.63) is 48.0 Å². The SMILES string of the molecule is O=C(CI)NC(Cc1ccc2ccccc2c1)C(=O)O. The number of carboxylic acid groups (broad SMARTS) is 1. The van der Waals surface area contributed by atoms with Crippen molar-refractivity contribution in [2.75, 3.05) is 4.43 Å². The van der Waals surface area contributed by atoms with Crippen LogP contribution in [0.25, 0.3) is 10.8 Å². The van der Waals surface area contributed by atoms with Gasteiger partial charge in [-0.3, -0.25) is 4.79 Å². The molecule has 0 saturated heterocycles. The number of fused-ring (bicyclic) bond motifs is 1. The topological polar surface area (TPSA) is 66.4 Å². The molecular weight excluding hydrogens is 369 g/mol. The molecule has 5 heteroatoms. The Morgan fingerprint density at radius 3 is 2.50 bits per heavy atom. The van der Waals surface area contributed by atoms with Crippen LogP contribution in [0.4, 0.5) is 0 Å². The third-order valence-electron chi connectivity index (χ3n) is 3.01. The molecule has 1 atom stereocenters. The molecule has 0 spiro atoms. The Hall–Kier alpha value is -1.63. The van der Waals surface area contributed by atoms with Crippen LogP contribution in [0.2, 0.25) is 0 Å². The predicted octanol–water partition coefficient (Wildman–Crippen LogP) is 2.39. The van der Waals surface area contributed by atoms with Crippen LogP contribution in [0.1, 0.15) is 5.56 Å². The Kier molecular flexibility index (Phi) is 4.94. The van der Waals surface area contributed by atoms with E-state index in [1.54, 1.807) is 0 Å². The number of amides is 1. The van der Waals surface area contributed by atoms with E-state index in [4.69, 9.17) is 0 Å². The second-order valence-corrected chi connectivity index (χ2v) is 5.24. The summed E-state index contributed by atoms with van der Waals surface area (Å²) in [6.45, 7) is 0. The summed E-state index contributed by atoms with van der Waals surface area (Å²) in [5.74, 6) is -1.28. The van der Waals surface area contributed by atoms with Crippen molar-refractivity contribution < 1.29 is 14.7 Å². The minimum atomic E-state index is -1.02. The Morgan fingerprint density at radius 2 is 1.85 bits per heavy atom. The molecule has 2 aromatic carbocycles. The number of hydrogen-bond donors (Lipinski definition) is 2. The number of benzene rings is 2. The van der Waals surface area contributed by atoms with E-state index in [2.05, 4.69) is 5.32 Å². The first-order valence-electron chi connectivity index (χ1n) is 6.16. The maximum atomic E-state index is 11.3. The third-order valence-corrected chi connectivity index (χ3v) is 3.70. The van der Waals surface area contributed by atoms with Gasteiger partial charge in [0.05, 0.1) is 4.43 Å². The highest BCUT2D eigenvalue weighted by molar-refractivity contribution is 14.1. The normalized spacial score (nSPS) is 12.1. The number of nitrogens with one attached hydrogen (secondary N) is 1. The molecule has 0 saturated carbocycles. The molecule has 1 unspecified atom stereocenters. The number of rotatable bonds is 5. The van der Waals surface area contributed by atoms with E-state index in [0.717, 1.165) is 16.3 Å². The van der Waals surface area contributed by atoms with Crippen LogP contribution in [0.15, 0.2) is 42.5 Å². The molecule has 0 radical (unpaired) electrons. The summed E-state index contributed by atoms with van der Waals surface area (Å²) in [6, 6.07) is 12.8. The summed E-state index contributed by atoms with van der Waals surface area (Å²) in [6.07, 6.45) is 0.280. The summed E-state index contributed by atoms with van der Waals surface area (Å²) in [5, 5.41) is 13.9. The zero-order valence-corrected chi connectivity index (χ0v) is 12.8. The molecule has 1 amide bonds. The lowest BCUT2D eigenvalue weighted by atomic mass is 10.0. The fourth-order valence-corrected chi connectivity index (χ4v) is 2.25. The Balaban J connectivity index is 2.19. The Morgan fingerprint density at radius 1 is 1.15 bits per heavy atom. The Bertz CT molecular complexity index is 642. The van der Waals surface area contributed by atoms with E-state index in [0.29, 0.717) is 0 Å². The maximum absolute atomic E-state index is 11.3. The lowest BCUT2D eigenvalue weighted by molar-refractivity contribution is -0.141. The van der Waals surface area contributed by atoms with Gasteiger partial charge in [0, 0.05) is 6.42 Å². The molecular formula is C15H14INO3. The standard InChI is InChI=1S/C15H14INO3/c16-9-14(18)17-13(15(19)20)8-10-5-6-11-3-1-2-4-12(11)7-10/h1-7,13H,8-9H2,(H,17,18)(H,19,20). The molecule has 0 fully saturated rings. The van der Waals surface area contributed by atoms with E-state index < -0.39 is 12.0 Å². The first-order chi connectivity index (χ1) is 9.60. The highest BCUT2D eigenvalue weighted by atomic mass is 127. The van der Waals surface area contributed by atoms with E-state index in [9.17, 15) is 14.7 Å². The molecule has 0 aliphatic heterocycles. The molecule has 0 bridgehead atoms. The molecule has 0 heterocycles. The van der Waals surface area contributed by atoms with E-state index in [1.165, 1.54) is 0 Å². The molecule has 0 aromatic heterocycles. The van der Waals surface area contributed by atoms with Gasteiger partial charge in [0.25, 0.3) is 0 Å². The first-order valence-corrected chi connectivity index (χ1v) is 7.68. The molecule has 2 rings (SSSR count). The fraction of sp³-hybridized carbons (Fsp3) is 0.200. The Labute approximate surface area is 130 Å². The average molecular weight is 383 g/mol. The molecule has 4 nitrogen and oxygen atoms in total. The van der Waals surface area contributed by atoms with Gasteiger partial charge in [0.1, 0.15) is 6.04 Å². The smallest absolute Gasteiger partial charge is 0.326 e. The quantitative estimate of drug-likeness (QED) is 0.616. The minimum absolute atomic E-state index is 0.249. The number of carbonyl (C=O) groups excluding carboxylic acids is 1. The molecule has 20 heavy (non-hydrogen) atoms. The van der Waals surface area contributed by atoms with E-state index >= 15 is 0 Å². The average Bonchev–Trinajstić information content (AvgIpc) is 2.46. The number of hydrogen-bond acceptors (Lipinski definition) is 2. The number of aliphatic carboxylic acids is 1. The summed E-state index contributed by atoms with van der Waals surface area (Å²) in [4.78, 5) is 22.5. The third kappa shape index (κ3) is 3.69. The first kappa shape index (κ1) is 14.8. The van der Waals surface area contributed by atoms with Gasteiger partial charge in [-0.2, -0.15) is 0 Å². The van der Waals surface area contributed by atoms with Gasteiger partial charge >= 0.3 is 5.97 Å². The van der Waals surface area contributed by atoms with Crippen LogP contribution in [0, 0.1) is 0 Å². The van der Waals surface area contributed by atoms with Gasteiger partial charge in [-0.1, -0.05) is 65.1 Å². The number of halogens is 1. The van der Waals surface area contributed by atoms with Gasteiger partial charge in [-0.05, 0) is 16.3 Å². The van der Waals surface area contributed by atoms with Crippen molar-refractivity contribution in [3.8, 4) is 0 Å². The van der Waals surface area contributed by atoms with Crippen LogP contribution >= 0.6 is 22.6 Å². The largest absolute Gasteiger partial charge is 0.480 e. The van der Waals surface area contributed by atoms with Gasteiger partial charge in [0.15, 0.2) is 0 Å². The summed E-state index contributed by atoms with van der Waals surface area (Å²) < 4.78 is 0.249. The second kappa shape index (κ2) is 6.69. The predicted molar refractivity (Wildman–Crippen MR) is 86.1 cm³/mol. The maximum Gasteiger partial charge on any atom is 0.326 e. The number of carboxylic acids is 1. The van der Waals surface area contributed by atoms with Crippen molar-refractivity contribution >= 4 is 45.2 Å². The minimum Gasteiger partial charge on any atom is -0.480 e. The number of carbonyl (C=O) groups is 2. The van der Waals surface area contributed by atoms with Crippen molar-refractivity contribution in [1.29, 1.82) is 0 Å². The zero-order chi connectivity index (χ0) is 14.5. The van der Waals surface area contributed by atoms with E-state index in [-0.39, 0.29) is 16.8 Å². The highest BCUT2D eigenvalue weighted by Gasteiger charge is 2.19. The van der Waals surface area contributed by atoms with Crippen molar-refractivity contribution in [2.24, 2.45) is 0 Å². The van der Waals surface area contributed by atoms with Crippen LogP contribution in [-0.2, 0) is 16.0 Å². The van der Waals surface area contributed by atoms with Gasteiger partial charge < -0.3 is 10.4 Å². The van der Waals surface area contributed by atoms with Crippen molar-refractivity contribution in [2.45, 2.75) is 12.5 Å². The zero-order valence-electron chi connectivity index (χ0n) is 10.7. The lowest BCUT2D eigenvalue weighted by Crippen LogP contribution is -2.42. The van der Waals surface area contributed by atoms with Gasteiger partial charge in [-0.25, -0.2) is 4.79 Å². The van der Waals surface area contributed by atoms with Crippen LogP contribution in [-0.4, -0.2) is 27.5 Å². The number of alkyl halides is 1. The molecule has 2 N–H and O–H groups in total. The second-order valence-electron chi connectivity index (χ2n) is 4.48. The van der Waals surface area contributed by atoms with Crippen LogP contribution in [0.5, 0.6) is 0 Å². The summed E-state index contributed by atoms with van der Waals surface area (Å²) >= 11 is 1.91. The van der Waals surface area contributed by atoms with Crippen molar-refractivity contribution in [3.63, 3.8) is 0 Å². The molecule has 0 aliphatic carbocycles. The summed E-state index contributed by atoms with van der Waals surface area (Å²) in [5.41, 5.74) is 0.893. The molecule has 0 aliphatic rings. The molecule has 104 valence electrons. The van der Waals surface area contributed by atoms with Crippen LogP contribution < -0.4 is 5.32 Å². The van der Waals surface area contributed by atoms with Gasteiger partial charge in [-0.15, -0.1) is 0 Å². The monoisotopic (exact) mass is 383 g/mol. The van der Waals surface area contributed by atoms with Gasteiger partial charge in [0.2, 0.25) is 5.91 Å². The van der Waals surface area contributed by atoms with E-state index in [1.807, 2.05) is 65.1 Å². The highest BCUT2D eigenvalue weighted by Crippen LogP contribution is 2.16. The fourth-order valence-electron chi connectivity index (χ4n) is 2.03. The van der Waals surface area contributed by atoms with Crippen molar-refractivity contribution in [1.82, 2.24) is 5.32 Å². The van der Waals surface area contributed by atoms with Crippen LogP contribution in [0.3, 0.4) is 0 Å².